The third-order valence-electron chi connectivity index (χ3n) is 3.78. The molecule has 0 aliphatic heterocycles. The van der Waals surface area contributed by atoms with Gasteiger partial charge in [-0.15, -0.1) is 5.10 Å². The van der Waals surface area contributed by atoms with Crippen molar-refractivity contribution in [1.82, 2.24) is 15.0 Å². The van der Waals surface area contributed by atoms with Crippen LogP contribution in [0.4, 0.5) is 0 Å². The lowest BCUT2D eigenvalue weighted by Gasteiger charge is -2.08. The van der Waals surface area contributed by atoms with Crippen molar-refractivity contribution in [3.05, 3.63) is 35.7 Å². The van der Waals surface area contributed by atoms with Gasteiger partial charge in [-0.25, -0.2) is 9.48 Å². The number of hydrogen-bond acceptors (Lipinski definition) is 5. The van der Waals surface area contributed by atoms with E-state index in [1.54, 1.807) is 11.8 Å². The van der Waals surface area contributed by atoms with E-state index in [-0.39, 0.29) is 5.69 Å². The van der Waals surface area contributed by atoms with Gasteiger partial charge in [0.15, 0.2) is 5.69 Å². The molecule has 1 aromatic heterocycles. The van der Waals surface area contributed by atoms with E-state index in [2.05, 4.69) is 10.3 Å². The molecule has 2 aromatic rings. The van der Waals surface area contributed by atoms with Crippen LogP contribution in [0.1, 0.15) is 41.4 Å². The van der Waals surface area contributed by atoms with Gasteiger partial charge in [0.25, 0.3) is 0 Å². The zero-order chi connectivity index (χ0) is 16.2. The van der Waals surface area contributed by atoms with E-state index >= 15 is 0 Å². The van der Waals surface area contributed by atoms with Gasteiger partial charge in [0.1, 0.15) is 11.5 Å². The summed E-state index contributed by atoms with van der Waals surface area (Å²) in [7, 11) is 1.62. The molecule has 122 valence electrons. The van der Waals surface area contributed by atoms with E-state index in [1.165, 1.54) is 0 Å². The van der Waals surface area contributed by atoms with Crippen LogP contribution in [0.2, 0.25) is 0 Å². The van der Waals surface area contributed by atoms with Crippen LogP contribution >= 0.6 is 0 Å². The van der Waals surface area contributed by atoms with E-state index in [9.17, 15) is 4.79 Å². The monoisotopic (exact) mass is 317 g/mol. The van der Waals surface area contributed by atoms with Gasteiger partial charge in [-0.2, -0.15) is 0 Å². The van der Waals surface area contributed by atoms with Gasteiger partial charge < -0.3 is 14.6 Å². The molecule has 7 nitrogen and oxygen atoms in total. The van der Waals surface area contributed by atoms with Crippen LogP contribution in [0.3, 0.4) is 0 Å². The van der Waals surface area contributed by atoms with Crippen LogP contribution in [0.25, 0.3) is 0 Å². The molecule has 0 spiro atoms. The normalized spacial score (nSPS) is 13.8. The van der Waals surface area contributed by atoms with Crippen LogP contribution in [0.5, 0.6) is 11.5 Å². The third-order valence-corrected chi connectivity index (χ3v) is 3.78. The molecular formula is C16H19N3O4. The van der Waals surface area contributed by atoms with Crippen molar-refractivity contribution in [2.45, 2.75) is 31.7 Å². The Labute approximate surface area is 133 Å². The lowest BCUT2D eigenvalue weighted by atomic mass is 10.2. The molecule has 0 atom stereocenters. The number of carboxylic acid groups (broad SMARTS) is 1. The number of nitrogens with zero attached hydrogens (tertiary/aromatic N) is 3. The first-order valence-electron chi connectivity index (χ1n) is 7.62. The standard InChI is InChI=1S/C16H19N3O4/c1-22-12-5-7-13(8-6-12)23-10-2-9-19-15(11-3-4-11)14(16(20)21)17-18-19/h5-8,11H,2-4,9-10H2,1H3,(H,20,21). The van der Waals surface area contributed by atoms with Gasteiger partial charge in [0, 0.05) is 18.9 Å². The van der Waals surface area contributed by atoms with Crippen LogP contribution in [-0.2, 0) is 6.54 Å². The fourth-order valence-electron chi connectivity index (χ4n) is 2.48. The molecule has 0 radical (unpaired) electrons. The lowest BCUT2D eigenvalue weighted by Crippen LogP contribution is -2.10. The minimum absolute atomic E-state index is 0.0866. The SMILES string of the molecule is COc1ccc(OCCCn2nnc(C(=O)O)c2C2CC2)cc1. The Kier molecular flexibility index (Phi) is 4.45. The highest BCUT2D eigenvalue weighted by Gasteiger charge is 2.33. The molecule has 1 aliphatic rings. The summed E-state index contributed by atoms with van der Waals surface area (Å²) in [6.45, 7) is 1.13. The molecule has 3 rings (SSSR count). The highest BCUT2D eigenvalue weighted by Crippen LogP contribution is 2.41. The lowest BCUT2D eigenvalue weighted by molar-refractivity contribution is 0.0689. The Morgan fingerprint density at radius 2 is 2.00 bits per heavy atom. The molecule has 1 aliphatic carbocycles. The topological polar surface area (TPSA) is 86.5 Å². The molecule has 1 fully saturated rings. The van der Waals surface area contributed by atoms with Gasteiger partial charge in [-0.05, 0) is 37.1 Å². The van der Waals surface area contributed by atoms with Gasteiger partial charge in [0.2, 0.25) is 0 Å². The zero-order valence-corrected chi connectivity index (χ0v) is 12.9. The van der Waals surface area contributed by atoms with Crippen molar-refractivity contribution in [3.8, 4) is 11.5 Å². The highest BCUT2D eigenvalue weighted by atomic mass is 16.5. The summed E-state index contributed by atoms with van der Waals surface area (Å²) < 4.78 is 12.5. The minimum Gasteiger partial charge on any atom is -0.497 e. The van der Waals surface area contributed by atoms with Crippen molar-refractivity contribution < 1.29 is 19.4 Å². The number of aromatic carboxylic acids is 1. The molecule has 1 aromatic carbocycles. The molecule has 1 N–H and O–H groups in total. The van der Waals surface area contributed by atoms with Crippen molar-refractivity contribution in [2.75, 3.05) is 13.7 Å². The molecule has 0 bridgehead atoms. The van der Waals surface area contributed by atoms with Crippen LogP contribution in [0, 0.1) is 0 Å². The molecule has 7 heteroatoms. The summed E-state index contributed by atoms with van der Waals surface area (Å²) in [4.78, 5) is 11.2. The number of carbonyl (C=O) groups is 1. The number of benzene rings is 1. The Hall–Kier alpha value is -2.57. The first kappa shape index (κ1) is 15.3. The minimum atomic E-state index is -1.01. The maximum Gasteiger partial charge on any atom is 0.358 e. The first-order chi connectivity index (χ1) is 11.2. The van der Waals surface area contributed by atoms with Crippen molar-refractivity contribution in [2.24, 2.45) is 0 Å². The van der Waals surface area contributed by atoms with E-state index in [1.807, 2.05) is 24.3 Å². The van der Waals surface area contributed by atoms with Gasteiger partial charge in [0.05, 0.1) is 19.4 Å². The second kappa shape index (κ2) is 6.68. The number of methoxy groups -OCH3 is 1. The predicted octanol–water partition coefficient (Wildman–Crippen LogP) is 2.33. The number of aromatic nitrogens is 3. The average molecular weight is 317 g/mol. The van der Waals surface area contributed by atoms with E-state index < -0.39 is 5.97 Å². The summed E-state index contributed by atoms with van der Waals surface area (Å²) >= 11 is 0. The quantitative estimate of drug-likeness (QED) is 0.752. The summed E-state index contributed by atoms with van der Waals surface area (Å²) in [5.41, 5.74) is 0.838. The largest absolute Gasteiger partial charge is 0.497 e. The number of hydrogen-bond donors (Lipinski definition) is 1. The highest BCUT2D eigenvalue weighted by molar-refractivity contribution is 5.86. The molecule has 0 unspecified atom stereocenters. The number of ether oxygens (including phenoxy) is 2. The van der Waals surface area contributed by atoms with Gasteiger partial charge in [-0.1, -0.05) is 5.21 Å². The smallest absolute Gasteiger partial charge is 0.358 e. The fourth-order valence-corrected chi connectivity index (χ4v) is 2.48. The number of rotatable bonds is 8. The third kappa shape index (κ3) is 3.61. The molecular weight excluding hydrogens is 298 g/mol. The van der Waals surface area contributed by atoms with Gasteiger partial charge >= 0.3 is 5.97 Å². The van der Waals surface area contributed by atoms with E-state index in [0.717, 1.165) is 36.5 Å². The Balaban J connectivity index is 1.53. The predicted molar refractivity (Wildman–Crippen MR) is 82.1 cm³/mol. The Morgan fingerprint density at radius 1 is 1.30 bits per heavy atom. The maximum absolute atomic E-state index is 11.2. The van der Waals surface area contributed by atoms with E-state index in [4.69, 9.17) is 14.6 Å². The van der Waals surface area contributed by atoms with Crippen molar-refractivity contribution in [3.63, 3.8) is 0 Å². The van der Waals surface area contributed by atoms with Gasteiger partial charge in [-0.3, -0.25) is 0 Å². The second-order valence-electron chi connectivity index (χ2n) is 5.50. The summed E-state index contributed by atoms with van der Waals surface area (Å²) in [5.74, 6) is 0.847. The number of carboxylic acids is 1. The summed E-state index contributed by atoms with van der Waals surface area (Å²) in [5, 5.41) is 16.9. The second-order valence-corrected chi connectivity index (χ2v) is 5.50. The fraction of sp³-hybridized carbons (Fsp3) is 0.438. The average Bonchev–Trinajstić information content (AvgIpc) is 3.31. The molecule has 0 amide bonds. The van der Waals surface area contributed by atoms with Crippen molar-refractivity contribution in [1.29, 1.82) is 0 Å². The van der Waals surface area contributed by atoms with E-state index in [0.29, 0.717) is 19.1 Å². The maximum atomic E-state index is 11.2. The zero-order valence-electron chi connectivity index (χ0n) is 12.9. The molecule has 1 heterocycles. The molecule has 0 saturated heterocycles. The Bertz CT molecular complexity index is 677. The summed E-state index contributed by atoms with van der Waals surface area (Å²) in [6.07, 6.45) is 2.75. The van der Waals surface area contributed by atoms with Crippen LogP contribution in [0.15, 0.2) is 24.3 Å². The Morgan fingerprint density at radius 3 is 2.61 bits per heavy atom. The summed E-state index contributed by atoms with van der Waals surface area (Å²) in [6, 6.07) is 7.40. The van der Waals surface area contributed by atoms with Crippen LogP contribution < -0.4 is 9.47 Å². The van der Waals surface area contributed by atoms with Crippen molar-refractivity contribution >= 4 is 5.97 Å². The molecule has 23 heavy (non-hydrogen) atoms. The first-order valence-corrected chi connectivity index (χ1v) is 7.62. The molecule has 1 saturated carbocycles. The number of aryl methyl sites for hydroxylation is 1. The van der Waals surface area contributed by atoms with Crippen LogP contribution in [-0.4, -0.2) is 39.8 Å².